The monoisotopic (exact) mass is 542 g/mol. The van der Waals surface area contributed by atoms with Crippen LogP contribution >= 0.6 is 11.3 Å². The Morgan fingerprint density at radius 1 is 0.439 bits per heavy atom. The van der Waals surface area contributed by atoms with Crippen molar-refractivity contribution in [2.24, 2.45) is 0 Å². The summed E-state index contributed by atoms with van der Waals surface area (Å²) in [5, 5.41) is 3.46. The molecule has 0 aliphatic rings. The Balaban J connectivity index is 1.37. The fourth-order valence-corrected chi connectivity index (χ4v) is 6.49. The normalized spacial score (nSPS) is 11.4. The lowest BCUT2D eigenvalue weighted by molar-refractivity contribution is 1.06. The van der Waals surface area contributed by atoms with Crippen LogP contribution in [0.1, 0.15) is 0 Å². The summed E-state index contributed by atoms with van der Waals surface area (Å²) >= 11 is 1.79. The maximum Gasteiger partial charge on any atom is 0.182 e. The van der Waals surface area contributed by atoms with Crippen molar-refractivity contribution >= 4 is 42.4 Å². The van der Waals surface area contributed by atoms with E-state index in [9.17, 15) is 0 Å². The smallest absolute Gasteiger partial charge is 0.182 e. The number of para-hydroxylation sites is 1. The number of hydrogen-bond donors (Lipinski definition) is 0. The minimum absolute atomic E-state index is 0.553. The molecule has 0 bridgehead atoms. The lowest BCUT2D eigenvalue weighted by Crippen LogP contribution is -2.01. The summed E-state index contributed by atoms with van der Waals surface area (Å²) in [6, 6.07) is 45.8. The minimum Gasteiger partial charge on any atom is -0.244 e. The van der Waals surface area contributed by atoms with Gasteiger partial charge in [-0.3, -0.25) is 0 Å². The maximum atomic E-state index is 5.09. The van der Waals surface area contributed by atoms with Crippen molar-refractivity contribution in [3.8, 4) is 45.4 Å². The molecule has 192 valence electrons. The zero-order valence-electron chi connectivity index (χ0n) is 21.9. The predicted molar refractivity (Wildman–Crippen MR) is 170 cm³/mol. The molecule has 0 spiro atoms. The molecule has 0 unspecified atom stereocenters. The molecule has 0 N–H and O–H groups in total. The Bertz CT molecular complexity index is 2220. The van der Waals surface area contributed by atoms with Crippen LogP contribution in [0.3, 0.4) is 0 Å². The first kappa shape index (κ1) is 23.6. The van der Waals surface area contributed by atoms with Crippen LogP contribution in [0.2, 0.25) is 0 Å². The highest BCUT2D eigenvalue weighted by atomic mass is 32.1. The third kappa shape index (κ3) is 4.24. The average Bonchev–Trinajstić information content (AvgIpc) is 3.44. The van der Waals surface area contributed by atoms with Gasteiger partial charge in [0, 0.05) is 36.7 Å². The standard InChI is InChI=1S/C36H22N4S/c1-2-10-23(11-3-1)25-13-8-14-26(22-25)34-38-35(28-16-9-19-32-33(28)27-15-5-7-18-31(27)41-32)40-36(39-34)30-21-20-24-12-4-6-17-29(24)37-30/h1-22H. The van der Waals surface area contributed by atoms with E-state index in [1.807, 2.05) is 30.3 Å². The van der Waals surface area contributed by atoms with Gasteiger partial charge in [-0.2, -0.15) is 0 Å². The molecule has 5 heteroatoms. The molecule has 3 aromatic heterocycles. The van der Waals surface area contributed by atoms with Gasteiger partial charge in [-0.05, 0) is 41.5 Å². The van der Waals surface area contributed by atoms with Crippen molar-refractivity contribution in [3.63, 3.8) is 0 Å². The molecule has 0 saturated heterocycles. The molecule has 8 aromatic rings. The number of pyridine rings is 1. The number of rotatable bonds is 4. The van der Waals surface area contributed by atoms with E-state index in [1.165, 1.54) is 20.2 Å². The molecule has 5 aromatic carbocycles. The van der Waals surface area contributed by atoms with Crippen LogP contribution in [0.5, 0.6) is 0 Å². The van der Waals surface area contributed by atoms with E-state index in [-0.39, 0.29) is 0 Å². The van der Waals surface area contributed by atoms with E-state index in [2.05, 4.69) is 103 Å². The summed E-state index contributed by atoms with van der Waals surface area (Å²) in [7, 11) is 0. The zero-order valence-corrected chi connectivity index (χ0v) is 22.7. The molecule has 0 aliphatic heterocycles. The SMILES string of the molecule is c1ccc(-c2cccc(-c3nc(-c4ccc5ccccc5n4)nc(-c4cccc5sc6ccccc6c45)n3)c2)cc1. The second kappa shape index (κ2) is 9.73. The summed E-state index contributed by atoms with van der Waals surface area (Å²) in [6.07, 6.45) is 0. The fraction of sp³-hybridized carbons (Fsp3) is 0. The van der Waals surface area contributed by atoms with Crippen LogP contribution in [-0.4, -0.2) is 19.9 Å². The molecule has 3 heterocycles. The van der Waals surface area contributed by atoms with Crippen molar-refractivity contribution in [3.05, 3.63) is 133 Å². The molecular weight excluding hydrogens is 520 g/mol. The quantitative estimate of drug-likeness (QED) is 0.222. The second-order valence-electron chi connectivity index (χ2n) is 9.92. The second-order valence-corrected chi connectivity index (χ2v) is 11.0. The summed E-state index contributed by atoms with van der Waals surface area (Å²) in [4.78, 5) is 20.1. The third-order valence-electron chi connectivity index (χ3n) is 7.33. The minimum atomic E-state index is 0.553. The maximum absolute atomic E-state index is 5.09. The van der Waals surface area contributed by atoms with Crippen molar-refractivity contribution in [1.29, 1.82) is 0 Å². The lowest BCUT2D eigenvalue weighted by Gasteiger charge is -2.10. The van der Waals surface area contributed by atoms with Gasteiger partial charge in [-0.1, -0.05) is 103 Å². The van der Waals surface area contributed by atoms with Gasteiger partial charge in [0.25, 0.3) is 0 Å². The highest BCUT2D eigenvalue weighted by molar-refractivity contribution is 7.25. The van der Waals surface area contributed by atoms with Crippen LogP contribution in [0.4, 0.5) is 0 Å². The topological polar surface area (TPSA) is 51.6 Å². The van der Waals surface area contributed by atoms with Gasteiger partial charge in [-0.25, -0.2) is 19.9 Å². The summed E-state index contributed by atoms with van der Waals surface area (Å²) < 4.78 is 2.46. The Kier molecular flexibility index (Phi) is 5.61. The Morgan fingerprint density at radius 2 is 1.15 bits per heavy atom. The molecule has 0 saturated carbocycles. The molecule has 41 heavy (non-hydrogen) atoms. The number of hydrogen-bond acceptors (Lipinski definition) is 5. The van der Waals surface area contributed by atoms with Crippen molar-refractivity contribution in [1.82, 2.24) is 19.9 Å². The van der Waals surface area contributed by atoms with Gasteiger partial charge in [0.1, 0.15) is 5.69 Å². The van der Waals surface area contributed by atoms with E-state index in [0.717, 1.165) is 38.9 Å². The number of fused-ring (bicyclic) bond motifs is 4. The summed E-state index contributed by atoms with van der Waals surface area (Å²) in [5.41, 5.74) is 5.81. The van der Waals surface area contributed by atoms with Gasteiger partial charge in [0.05, 0.1) is 5.52 Å². The van der Waals surface area contributed by atoms with Crippen LogP contribution in [0, 0.1) is 0 Å². The van der Waals surface area contributed by atoms with Crippen LogP contribution in [-0.2, 0) is 0 Å². The van der Waals surface area contributed by atoms with Crippen molar-refractivity contribution in [2.75, 3.05) is 0 Å². The van der Waals surface area contributed by atoms with E-state index in [4.69, 9.17) is 19.9 Å². The number of aromatic nitrogens is 4. The van der Waals surface area contributed by atoms with Gasteiger partial charge in [0.2, 0.25) is 0 Å². The molecule has 4 nitrogen and oxygen atoms in total. The first-order valence-electron chi connectivity index (χ1n) is 13.5. The molecule has 0 radical (unpaired) electrons. The Morgan fingerprint density at radius 3 is 2.10 bits per heavy atom. The van der Waals surface area contributed by atoms with E-state index in [1.54, 1.807) is 11.3 Å². The van der Waals surface area contributed by atoms with Gasteiger partial charge in [0.15, 0.2) is 17.5 Å². The largest absolute Gasteiger partial charge is 0.244 e. The van der Waals surface area contributed by atoms with E-state index in [0.29, 0.717) is 17.5 Å². The fourth-order valence-electron chi connectivity index (χ4n) is 5.36. The van der Waals surface area contributed by atoms with Gasteiger partial charge < -0.3 is 0 Å². The lowest BCUT2D eigenvalue weighted by atomic mass is 10.0. The molecule has 0 amide bonds. The van der Waals surface area contributed by atoms with Crippen molar-refractivity contribution < 1.29 is 0 Å². The van der Waals surface area contributed by atoms with Crippen LogP contribution in [0.15, 0.2) is 133 Å². The molecular formula is C36H22N4S. The average molecular weight is 543 g/mol. The summed E-state index contributed by atoms with van der Waals surface area (Å²) in [6.45, 7) is 0. The molecule has 0 atom stereocenters. The highest BCUT2D eigenvalue weighted by Crippen LogP contribution is 2.39. The number of thiophene rings is 1. The first-order valence-corrected chi connectivity index (χ1v) is 14.3. The van der Waals surface area contributed by atoms with Gasteiger partial charge in [-0.15, -0.1) is 11.3 Å². The first-order chi connectivity index (χ1) is 20.3. The van der Waals surface area contributed by atoms with E-state index >= 15 is 0 Å². The third-order valence-corrected chi connectivity index (χ3v) is 8.47. The Hall–Kier alpha value is -5.26. The predicted octanol–water partition coefficient (Wildman–Crippen LogP) is 9.46. The van der Waals surface area contributed by atoms with Crippen LogP contribution < -0.4 is 0 Å². The van der Waals surface area contributed by atoms with Gasteiger partial charge >= 0.3 is 0 Å². The number of nitrogens with zero attached hydrogens (tertiary/aromatic N) is 4. The van der Waals surface area contributed by atoms with Crippen molar-refractivity contribution in [2.45, 2.75) is 0 Å². The van der Waals surface area contributed by atoms with Crippen LogP contribution in [0.25, 0.3) is 76.5 Å². The highest BCUT2D eigenvalue weighted by Gasteiger charge is 2.17. The molecule has 0 aliphatic carbocycles. The van der Waals surface area contributed by atoms with E-state index < -0.39 is 0 Å². The number of benzene rings is 5. The molecule has 8 rings (SSSR count). The molecule has 0 fully saturated rings. The summed E-state index contributed by atoms with van der Waals surface area (Å²) in [5.74, 6) is 1.81. The zero-order chi connectivity index (χ0) is 27.2. The Labute approximate surface area is 240 Å².